The molecule has 15 nitrogen and oxygen atoms in total. The van der Waals surface area contributed by atoms with Crippen molar-refractivity contribution >= 4 is 28.9 Å². The van der Waals surface area contributed by atoms with Crippen LogP contribution in [0.3, 0.4) is 0 Å². The number of imidazole rings is 1. The molecule has 3 rings (SSSR count). The number of amides is 1. The minimum Gasteiger partial charge on any atom is -0.494 e. The monoisotopic (exact) mass is 472 g/mol. The lowest BCUT2D eigenvalue weighted by molar-refractivity contribution is -0.428. The summed E-state index contributed by atoms with van der Waals surface area (Å²) in [5.74, 6) is -1.84. The molecule has 0 saturated carbocycles. The van der Waals surface area contributed by atoms with Crippen molar-refractivity contribution in [3.63, 3.8) is 0 Å². The standard InChI is InChI=1S/C19H16N6O9/c1-2-33-14-3-5-15(6-4-14)34-16-8-12(7-13(9-16)23(27)28)21-17(26)10-22-11-20-18(24(29)30)19(22)25(31)32/h3-9,11H,2,10H2,1H3,(H,21,26). The summed E-state index contributed by atoms with van der Waals surface area (Å²) in [6.45, 7) is 1.61. The van der Waals surface area contributed by atoms with E-state index < -0.39 is 38.9 Å². The Labute approximate surface area is 190 Å². The van der Waals surface area contributed by atoms with Crippen LogP contribution in [0.2, 0.25) is 0 Å². The summed E-state index contributed by atoms with van der Waals surface area (Å²) in [5.41, 5.74) is -0.416. The number of nitro benzene ring substituents is 1. The summed E-state index contributed by atoms with van der Waals surface area (Å²) >= 11 is 0. The molecule has 0 radical (unpaired) electrons. The van der Waals surface area contributed by atoms with Gasteiger partial charge in [0.1, 0.15) is 17.2 Å². The maximum atomic E-state index is 12.4. The fourth-order valence-electron chi connectivity index (χ4n) is 2.88. The molecule has 0 spiro atoms. The first-order valence-electron chi connectivity index (χ1n) is 9.52. The highest BCUT2D eigenvalue weighted by Crippen LogP contribution is 2.31. The lowest BCUT2D eigenvalue weighted by atomic mass is 10.2. The largest absolute Gasteiger partial charge is 0.494 e. The van der Waals surface area contributed by atoms with Gasteiger partial charge in [0.25, 0.3) is 17.9 Å². The molecule has 34 heavy (non-hydrogen) atoms. The van der Waals surface area contributed by atoms with Gasteiger partial charge < -0.3 is 35.0 Å². The van der Waals surface area contributed by atoms with Crippen molar-refractivity contribution in [2.24, 2.45) is 0 Å². The summed E-state index contributed by atoms with van der Waals surface area (Å²) in [6, 6.07) is 10.0. The van der Waals surface area contributed by atoms with E-state index in [1.807, 2.05) is 6.92 Å². The van der Waals surface area contributed by atoms with E-state index in [2.05, 4.69) is 10.3 Å². The number of nitrogens with zero attached hydrogens (tertiary/aromatic N) is 5. The fourth-order valence-corrected chi connectivity index (χ4v) is 2.88. The first-order chi connectivity index (χ1) is 16.2. The molecule has 0 bridgehead atoms. The van der Waals surface area contributed by atoms with Gasteiger partial charge in [-0.25, -0.2) is 0 Å². The number of hydrogen-bond acceptors (Lipinski definition) is 10. The second-order valence-corrected chi connectivity index (χ2v) is 6.56. The second kappa shape index (κ2) is 10.0. The number of non-ortho nitro benzene ring substituents is 1. The zero-order valence-corrected chi connectivity index (χ0v) is 17.4. The van der Waals surface area contributed by atoms with Crippen molar-refractivity contribution in [1.82, 2.24) is 9.55 Å². The SMILES string of the molecule is CCOc1ccc(Oc2cc(NC(=O)Cn3cnc([N+](=O)[O-])c3[N+](=O)[O-])cc([N+](=O)[O-])c2)cc1. The Bertz CT molecular complexity index is 1260. The maximum absolute atomic E-state index is 12.4. The number of anilines is 1. The van der Waals surface area contributed by atoms with Crippen LogP contribution in [0.1, 0.15) is 6.92 Å². The molecule has 1 N–H and O–H groups in total. The average Bonchev–Trinajstić information content (AvgIpc) is 3.19. The van der Waals surface area contributed by atoms with Crippen LogP contribution >= 0.6 is 0 Å². The molecule has 0 fully saturated rings. The van der Waals surface area contributed by atoms with Crippen LogP contribution in [0.4, 0.5) is 23.0 Å². The summed E-state index contributed by atoms with van der Waals surface area (Å²) < 4.78 is 11.6. The number of aromatic nitrogens is 2. The summed E-state index contributed by atoms with van der Waals surface area (Å²) in [6.07, 6.45) is 0.781. The van der Waals surface area contributed by atoms with Gasteiger partial charge in [-0.15, -0.1) is 0 Å². The molecule has 176 valence electrons. The highest BCUT2D eigenvalue weighted by molar-refractivity contribution is 5.91. The maximum Gasteiger partial charge on any atom is 0.462 e. The number of benzene rings is 2. The first-order valence-corrected chi connectivity index (χ1v) is 9.52. The van der Waals surface area contributed by atoms with Gasteiger partial charge in [-0.2, -0.15) is 4.57 Å². The van der Waals surface area contributed by atoms with Gasteiger partial charge >= 0.3 is 11.6 Å². The molecule has 2 aromatic carbocycles. The third-order valence-electron chi connectivity index (χ3n) is 4.21. The van der Waals surface area contributed by atoms with Crippen molar-refractivity contribution in [1.29, 1.82) is 0 Å². The first kappa shape index (κ1) is 23.6. The van der Waals surface area contributed by atoms with E-state index in [1.165, 1.54) is 6.07 Å². The molecule has 1 amide bonds. The van der Waals surface area contributed by atoms with Gasteiger partial charge in [-0.3, -0.25) is 14.9 Å². The van der Waals surface area contributed by atoms with Gasteiger partial charge in [-0.05, 0) is 41.0 Å². The fraction of sp³-hybridized carbons (Fsp3) is 0.158. The summed E-state index contributed by atoms with van der Waals surface area (Å²) in [4.78, 5) is 46.3. The molecule has 0 unspecified atom stereocenters. The third-order valence-corrected chi connectivity index (χ3v) is 4.21. The van der Waals surface area contributed by atoms with Gasteiger partial charge in [-0.1, -0.05) is 0 Å². The van der Waals surface area contributed by atoms with Crippen molar-refractivity contribution < 1.29 is 29.0 Å². The smallest absolute Gasteiger partial charge is 0.462 e. The molecule has 0 aliphatic carbocycles. The Morgan fingerprint density at radius 3 is 2.24 bits per heavy atom. The zero-order chi connectivity index (χ0) is 24.8. The number of nitro groups is 3. The van der Waals surface area contributed by atoms with Crippen LogP contribution in [0.5, 0.6) is 17.2 Å². The average molecular weight is 472 g/mol. The van der Waals surface area contributed by atoms with E-state index >= 15 is 0 Å². The molecule has 0 aliphatic rings. The molecular weight excluding hydrogens is 456 g/mol. The Hall–Kier alpha value is -5.08. The molecule has 0 saturated heterocycles. The minimum absolute atomic E-state index is 0.0302. The Morgan fingerprint density at radius 2 is 1.65 bits per heavy atom. The van der Waals surface area contributed by atoms with E-state index in [9.17, 15) is 35.1 Å². The topological polar surface area (TPSA) is 195 Å². The van der Waals surface area contributed by atoms with Crippen LogP contribution in [0.25, 0.3) is 0 Å². The van der Waals surface area contributed by atoms with Crippen LogP contribution < -0.4 is 14.8 Å². The number of carbonyl (C=O) groups excluding carboxylic acids is 1. The van der Waals surface area contributed by atoms with E-state index in [-0.39, 0.29) is 17.1 Å². The van der Waals surface area contributed by atoms with Crippen LogP contribution in [0.15, 0.2) is 48.8 Å². The Balaban J connectivity index is 1.81. The highest BCUT2D eigenvalue weighted by atomic mass is 16.6. The quantitative estimate of drug-likeness (QED) is 0.337. The molecule has 1 heterocycles. The van der Waals surface area contributed by atoms with Crippen molar-refractivity contribution in [2.45, 2.75) is 13.5 Å². The molecule has 3 aromatic rings. The number of carbonyl (C=O) groups is 1. The predicted octanol–water partition coefficient (Wildman–Crippen LogP) is 3.44. The molecule has 0 atom stereocenters. The van der Waals surface area contributed by atoms with Crippen LogP contribution in [-0.4, -0.2) is 36.8 Å². The van der Waals surface area contributed by atoms with E-state index in [1.54, 1.807) is 24.3 Å². The van der Waals surface area contributed by atoms with E-state index in [4.69, 9.17) is 9.47 Å². The molecule has 15 heteroatoms. The molecular formula is C19H16N6O9. The van der Waals surface area contributed by atoms with Gasteiger partial charge in [0.15, 0.2) is 6.54 Å². The van der Waals surface area contributed by atoms with E-state index in [0.717, 1.165) is 18.5 Å². The van der Waals surface area contributed by atoms with Crippen LogP contribution in [-0.2, 0) is 11.3 Å². The summed E-state index contributed by atoms with van der Waals surface area (Å²) in [5, 5.41) is 35.7. The number of nitrogens with one attached hydrogen (secondary N) is 1. The third kappa shape index (κ3) is 5.58. The van der Waals surface area contributed by atoms with Crippen molar-refractivity contribution in [2.75, 3.05) is 11.9 Å². The Morgan fingerprint density at radius 1 is 0.971 bits per heavy atom. The second-order valence-electron chi connectivity index (χ2n) is 6.56. The van der Waals surface area contributed by atoms with E-state index in [0.29, 0.717) is 22.7 Å². The molecule has 1 aromatic heterocycles. The Kier molecular flexibility index (Phi) is 6.95. The lowest BCUT2D eigenvalue weighted by Gasteiger charge is -2.10. The van der Waals surface area contributed by atoms with Gasteiger partial charge in [0.05, 0.1) is 23.3 Å². The normalized spacial score (nSPS) is 10.4. The number of hydrogen-bond donors (Lipinski definition) is 1. The van der Waals surface area contributed by atoms with Crippen molar-refractivity contribution in [3.8, 4) is 17.2 Å². The molecule has 0 aliphatic heterocycles. The van der Waals surface area contributed by atoms with Gasteiger partial charge in [0.2, 0.25) is 0 Å². The van der Waals surface area contributed by atoms with Crippen LogP contribution in [0, 0.1) is 30.3 Å². The summed E-state index contributed by atoms with van der Waals surface area (Å²) in [7, 11) is 0. The number of rotatable bonds is 10. The lowest BCUT2D eigenvalue weighted by Crippen LogP contribution is -2.19. The highest BCUT2D eigenvalue weighted by Gasteiger charge is 2.33. The number of ether oxygens (including phenoxy) is 2. The van der Waals surface area contributed by atoms with Crippen molar-refractivity contribution in [3.05, 3.63) is 79.1 Å². The minimum atomic E-state index is -1.04. The van der Waals surface area contributed by atoms with Gasteiger partial charge in [0, 0.05) is 17.1 Å². The zero-order valence-electron chi connectivity index (χ0n) is 17.4. The predicted molar refractivity (Wildman–Crippen MR) is 115 cm³/mol.